The molecule has 0 aliphatic carbocycles. The molecular weight excluding hydrogens is 390 g/mol. The molecule has 0 aromatic carbocycles. The molecule has 0 aromatic heterocycles. The van der Waals surface area contributed by atoms with Crippen molar-refractivity contribution < 1.29 is 31.4 Å². The predicted octanol–water partition coefficient (Wildman–Crippen LogP) is 1.87. The van der Waals surface area contributed by atoms with E-state index in [1.165, 1.54) is 0 Å². The summed E-state index contributed by atoms with van der Waals surface area (Å²) in [7, 11) is -2.31. The molecule has 0 heterocycles. The summed E-state index contributed by atoms with van der Waals surface area (Å²) in [5.41, 5.74) is -2.35. The molecule has 0 rings (SSSR count). The van der Waals surface area contributed by atoms with E-state index >= 15 is 0 Å². The zero-order valence-corrected chi connectivity index (χ0v) is 19.9. The molecule has 0 saturated carbocycles. The first-order chi connectivity index (χ1) is 11.9. The summed E-state index contributed by atoms with van der Waals surface area (Å²) in [6, 6.07) is 0. The van der Waals surface area contributed by atoms with E-state index in [0.29, 0.717) is 6.54 Å². The second-order valence-electron chi connectivity index (χ2n) is 8.78. The van der Waals surface area contributed by atoms with E-state index in [2.05, 4.69) is 0 Å². The van der Waals surface area contributed by atoms with E-state index in [9.17, 15) is 18.0 Å². The van der Waals surface area contributed by atoms with Crippen molar-refractivity contribution in [3.05, 3.63) is 0 Å². The minimum atomic E-state index is -3.76. The zero-order valence-electron chi connectivity index (χ0n) is 18.0. The highest BCUT2D eigenvalue weighted by molar-refractivity contribution is 7.87. The van der Waals surface area contributed by atoms with Crippen LogP contribution in [0.1, 0.15) is 27.7 Å². The van der Waals surface area contributed by atoms with Crippen LogP contribution < -0.4 is 0 Å². The third-order valence-corrected chi connectivity index (χ3v) is 7.98. The molecule has 0 spiro atoms. The fourth-order valence-electron chi connectivity index (χ4n) is 1.85. The molecule has 0 unspecified atom stereocenters. The number of carbonyl (C=O) groups is 2. The van der Waals surface area contributed by atoms with Gasteiger partial charge in [0.1, 0.15) is 19.0 Å². The first-order valence-electron chi connectivity index (χ1n) is 8.85. The van der Waals surface area contributed by atoms with Gasteiger partial charge in [-0.1, -0.05) is 0 Å². The van der Waals surface area contributed by atoms with Gasteiger partial charge in [0.05, 0.1) is 10.8 Å². The molecule has 0 amide bonds. The van der Waals surface area contributed by atoms with Gasteiger partial charge in [-0.15, -0.1) is 0 Å². The van der Waals surface area contributed by atoms with Crippen LogP contribution in [0.2, 0.25) is 19.6 Å². The lowest BCUT2D eigenvalue weighted by atomic mass is 9.68. The van der Waals surface area contributed by atoms with E-state index in [4.69, 9.17) is 13.3 Å². The van der Waals surface area contributed by atoms with Gasteiger partial charge >= 0.3 is 11.9 Å². The van der Waals surface area contributed by atoms with Gasteiger partial charge < -0.3 is 18.2 Å². The molecule has 0 atom stereocenters. The Labute approximate surface area is 164 Å². The summed E-state index contributed by atoms with van der Waals surface area (Å²) < 4.78 is 39.3. The van der Waals surface area contributed by atoms with Crippen molar-refractivity contribution in [2.24, 2.45) is 10.8 Å². The highest BCUT2D eigenvalue weighted by atomic mass is 32.2. The number of esters is 2. The molecular formula is C17H35NO7SSi. The van der Waals surface area contributed by atoms with Crippen molar-refractivity contribution in [1.82, 2.24) is 4.90 Å². The normalized spacial score (nSPS) is 13.6. The maximum absolute atomic E-state index is 12.5. The lowest BCUT2D eigenvalue weighted by Crippen LogP contribution is -2.47. The molecule has 0 saturated heterocycles. The minimum Gasteiger partial charge on any atom is -0.464 e. The molecule has 8 nitrogen and oxygen atoms in total. The summed E-state index contributed by atoms with van der Waals surface area (Å²) in [5.74, 6) is -1.60. The average molecular weight is 426 g/mol. The quantitative estimate of drug-likeness (QED) is 0.365. The smallest absolute Gasteiger partial charge is 0.312 e. The number of rotatable bonds is 11. The van der Waals surface area contributed by atoms with Crippen LogP contribution in [-0.4, -0.2) is 73.2 Å². The first kappa shape index (κ1) is 26.0. The number of likely N-dealkylation sites (N-methyl/N-ethyl adjacent to an activating group) is 1. The molecule has 27 heavy (non-hydrogen) atoms. The fraction of sp³-hybridized carbons (Fsp3) is 0.882. The van der Waals surface area contributed by atoms with E-state index in [0.717, 1.165) is 0 Å². The van der Waals surface area contributed by atoms with Crippen molar-refractivity contribution in [2.45, 2.75) is 47.3 Å². The Bertz CT molecular complexity index is 622. The number of ether oxygens (including phenoxy) is 2. The molecule has 0 aliphatic rings. The Morgan fingerprint density at radius 3 is 1.67 bits per heavy atom. The van der Waals surface area contributed by atoms with Crippen LogP contribution in [0.15, 0.2) is 0 Å². The van der Waals surface area contributed by atoms with Gasteiger partial charge in [0.25, 0.3) is 10.1 Å². The molecule has 0 radical (unpaired) electrons. The van der Waals surface area contributed by atoms with Gasteiger partial charge in [0.2, 0.25) is 8.32 Å². The van der Waals surface area contributed by atoms with Crippen molar-refractivity contribution in [2.75, 3.05) is 39.6 Å². The molecule has 0 N–H and O–H groups in total. The van der Waals surface area contributed by atoms with Gasteiger partial charge in [-0.05, 0) is 61.4 Å². The number of hydrogen-bond donors (Lipinski definition) is 0. The number of nitrogens with zero attached hydrogens (tertiary/aromatic N) is 1. The molecule has 0 aliphatic heterocycles. The van der Waals surface area contributed by atoms with Crippen molar-refractivity contribution in [3.63, 3.8) is 0 Å². The summed E-state index contributed by atoms with van der Waals surface area (Å²) in [5, 5.41) is 0. The zero-order chi connectivity index (χ0) is 21.7. The molecule has 0 aromatic rings. The maximum Gasteiger partial charge on any atom is 0.312 e. The monoisotopic (exact) mass is 425 g/mol. The molecule has 160 valence electrons. The van der Waals surface area contributed by atoms with Gasteiger partial charge in [-0.3, -0.25) is 9.59 Å². The Morgan fingerprint density at radius 2 is 1.30 bits per heavy atom. The van der Waals surface area contributed by atoms with E-state index < -0.39 is 47.0 Å². The van der Waals surface area contributed by atoms with Crippen LogP contribution in [0, 0.1) is 10.8 Å². The number of carbonyl (C=O) groups excluding carboxylic acids is 2. The topological polar surface area (TPSA) is 99.2 Å². The van der Waals surface area contributed by atoms with Crippen LogP contribution in [0.4, 0.5) is 0 Å². The second kappa shape index (κ2) is 9.49. The number of hydrogen-bond acceptors (Lipinski definition) is 8. The van der Waals surface area contributed by atoms with Crippen molar-refractivity contribution >= 4 is 30.4 Å². The van der Waals surface area contributed by atoms with Crippen LogP contribution >= 0.6 is 0 Å². The summed E-state index contributed by atoms with van der Waals surface area (Å²) in [4.78, 5) is 26.8. The molecule has 10 heteroatoms. The van der Waals surface area contributed by atoms with Crippen LogP contribution in [0.25, 0.3) is 0 Å². The Balaban J connectivity index is 4.84. The standard InChI is InChI=1S/C17H35NO7SSi/c1-16(2,14(19)23-11-10-18(5)6)17(3,4)15(20)24-12-13-26(21,22)25-27(7,8)9/h10-13H2,1-9H3. The predicted molar refractivity (Wildman–Crippen MR) is 106 cm³/mol. The second-order valence-corrected chi connectivity index (χ2v) is 15.2. The molecule has 0 fully saturated rings. The highest BCUT2D eigenvalue weighted by Crippen LogP contribution is 2.40. The lowest BCUT2D eigenvalue weighted by molar-refractivity contribution is -0.175. The highest BCUT2D eigenvalue weighted by Gasteiger charge is 2.50. The minimum absolute atomic E-state index is 0.215. The lowest BCUT2D eigenvalue weighted by Gasteiger charge is -2.37. The molecule has 0 bridgehead atoms. The van der Waals surface area contributed by atoms with E-state index in [-0.39, 0.29) is 13.2 Å². The van der Waals surface area contributed by atoms with Crippen LogP contribution in [0.5, 0.6) is 0 Å². The van der Waals surface area contributed by atoms with Gasteiger partial charge in [0.15, 0.2) is 0 Å². The van der Waals surface area contributed by atoms with Crippen LogP contribution in [-0.2, 0) is 33.1 Å². The summed E-state index contributed by atoms with van der Waals surface area (Å²) in [6.45, 7) is 12.1. The van der Waals surface area contributed by atoms with Gasteiger partial charge in [-0.25, -0.2) is 8.42 Å². The van der Waals surface area contributed by atoms with Gasteiger partial charge in [-0.2, -0.15) is 0 Å². The van der Waals surface area contributed by atoms with E-state index in [1.807, 2.05) is 19.0 Å². The van der Waals surface area contributed by atoms with Gasteiger partial charge in [0, 0.05) is 6.54 Å². The van der Waals surface area contributed by atoms with E-state index in [1.54, 1.807) is 47.3 Å². The van der Waals surface area contributed by atoms with Crippen LogP contribution in [0.3, 0.4) is 0 Å². The van der Waals surface area contributed by atoms with Crippen molar-refractivity contribution in [1.29, 1.82) is 0 Å². The Kier molecular flexibility index (Phi) is 9.14. The fourth-order valence-corrected chi connectivity index (χ4v) is 5.52. The Hall–Kier alpha value is -0.973. The summed E-state index contributed by atoms with van der Waals surface area (Å²) >= 11 is 0. The average Bonchev–Trinajstić information content (AvgIpc) is 2.43. The Morgan fingerprint density at radius 1 is 0.889 bits per heavy atom. The summed E-state index contributed by atoms with van der Waals surface area (Å²) in [6.07, 6.45) is 0. The largest absolute Gasteiger partial charge is 0.464 e. The first-order valence-corrected chi connectivity index (χ1v) is 13.8. The third kappa shape index (κ3) is 8.71. The van der Waals surface area contributed by atoms with Crippen molar-refractivity contribution in [3.8, 4) is 0 Å². The third-order valence-electron chi connectivity index (χ3n) is 4.30. The SMILES string of the molecule is CN(C)CCOC(=O)C(C)(C)C(C)(C)C(=O)OCCS(=O)(=O)O[Si](C)(C)C. The maximum atomic E-state index is 12.5.